The smallest absolute Gasteiger partial charge is 0.407 e. The van der Waals surface area contributed by atoms with Crippen LogP contribution in [0.25, 0.3) is 0 Å². The fourth-order valence-corrected chi connectivity index (χ4v) is 7.19. The molecule has 0 unspecified atom stereocenters. The second-order valence-electron chi connectivity index (χ2n) is 14.5. The van der Waals surface area contributed by atoms with E-state index in [0.717, 1.165) is 0 Å². The van der Waals surface area contributed by atoms with Crippen LogP contribution in [0.2, 0.25) is 0 Å². The lowest BCUT2D eigenvalue weighted by Gasteiger charge is -2.48. The zero-order valence-corrected chi connectivity index (χ0v) is 31.7. The number of methoxy groups -OCH3 is 3. The van der Waals surface area contributed by atoms with E-state index in [4.69, 9.17) is 33.2 Å². The molecular formula is C35H64N2O12. The number of carbonyl (C=O) groups is 3. The van der Waals surface area contributed by atoms with Crippen molar-refractivity contribution in [2.75, 3.05) is 48.6 Å². The zero-order valence-electron chi connectivity index (χ0n) is 31.7. The van der Waals surface area contributed by atoms with Gasteiger partial charge in [0.2, 0.25) is 0 Å². The van der Waals surface area contributed by atoms with E-state index in [1.165, 1.54) is 21.1 Å². The van der Waals surface area contributed by atoms with E-state index in [2.05, 4.69) is 5.32 Å². The fraction of sp³-hybridized carbons (Fsp3) is 0.914. The number of esters is 1. The number of carbonyl (C=O) groups excluding carboxylic acids is 3. The van der Waals surface area contributed by atoms with Gasteiger partial charge in [0.15, 0.2) is 6.29 Å². The highest BCUT2D eigenvalue weighted by atomic mass is 16.7. The summed E-state index contributed by atoms with van der Waals surface area (Å²) in [6.45, 7) is 12.8. The van der Waals surface area contributed by atoms with Crippen molar-refractivity contribution in [3.8, 4) is 0 Å². The van der Waals surface area contributed by atoms with E-state index in [9.17, 15) is 24.6 Å². The van der Waals surface area contributed by atoms with Crippen LogP contribution in [0.5, 0.6) is 0 Å². The van der Waals surface area contributed by atoms with Crippen molar-refractivity contribution in [3.05, 3.63) is 0 Å². The van der Waals surface area contributed by atoms with Crippen molar-refractivity contribution in [2.45, 2.75) is 141 Å². The quantitative estimate of drug-likeness (QED) is 0.212. The van der Waals surface area contributed by atoms with Crippen LogP contribution in [0, 0.1) is 17.8 Å². The number of ketones is 1. The van der Waals surface area contributed by atoms with Crippen molar-refractivity contribution in [1.29, 1.82) is 0 Å². The number of cyclic esters (lactones) is 1. The first-order chi connectivity index (χ1) is 22.9. The highest BCUT2D eigenvalue weighted by molar-refractivity contribution is 5.81. The highest BCUT2D eigenvalue weighted by Gasteiger charge is 2.52. The third-order valence-electron chi connectivity index (χ3n) is 10.4. The zero-order chi connectivity index (χ0) is 37.3. The van der Waals surface area contributed by atoms with Crippen molar-refractivity contribution in [2.24, 2.45) is 17.8 Å². The molecule has 0 spiro atoms. The predicted octanol–water partition coefficient (Wildman–Crippen LogP) is 2.69. The van der Waals surface area contributed by atoms with Crippen LogP contribution in [-0.4, -0.2) is 142 Å². The van der Waals surface area contributed by atoms with Gasteiger partial charge in [0.1, 0.15) is 29.7 Å². The molecule has 14 heteroatoms. The average molecular weight is 705 g/mol. The number of nitrogens with one attached hydrogen (secondary N) is 1. The fourth-order valence-electron chi connectivity index (χ4n) is 7.19. The molecule has 13 atom stereocenters. The molecule has 0 aromatic heterocycles. The van der Waals surface area contributed by atoms with E-state index in [-0.39, 0.29) is 43.7 Å². The lowest BCUT2D eigenvalue weighted by Crippen LogP contribution is -2.60. The normalized spacial score (nSPS) is 40.0. The van der Waals surface area contributed by atoms with E-state index in [1.807, 2.05) is 25.9 Å². The molecule has 3 N–H and O–H groups in total. The maximum atomic E-state index is 13.9. The van der Waals surface area contributed by atoms with Gasteiger partial charge in [-0.25, -0.2) is 4.79 Å². The molecule has 2 aliphatic rings. The maximum Gasteiger partial charge on any atom is 0.407 e. The highest BCUT2D eigenvalue weighted by Crippen LogP contribution is 2.39. The maximum absolute atomic E-state index is 13.9. The largest absolute Gasteiger partial charge is 0.459 e. The number of rotatable bonds is 11. The number of alkyl carbamates (subject to hydrolysis) is 1. The van der Waals surface area contributed by atoms with Gasteiger partial charge in [-0.1, -0.05) is 20.8 Å². The van der Waals surface area contributed by atoms with Crippen LogP contribution in [0.1, 0.15) is 80.6 Å². The Bertz CT molecular complexity index is 1060. The van der Waals surface area contributed by atoms with Crippen LogP contribution in [0.3, 0.4) is 0 Å². The lowest BCUT2D eigenvalue weighted by molar-refractivity contribution is -0.301. The van der Waals surface area contributed by atoms with Crippen LogP contribution >= 0.6 is 0 Å². The molecule has 2 heterocycles. The minimum absolute atomic E-state index is 0.142. The number of aliphatic hydroxyl groups excluding tert-OH is 1. The van der Waals surface area contributed by atoms with Gasteiger partial charge in [-0.2, -0.15) is 0 Å². The van der Waals surface area contributed by atoms with Crippen LogP contribution < -0.4 is 5.32 Å². The molecule has 2 fully saturated rings. The molecule has 0 aliphatic carbocycles. The molecule has 0 radical (unpaired) electrons. The van der Waals surface area contributed by atoms with Crippen molar-refractivity contribution in [3.63, 3.8) is 0 Å². The first-order valence-electron chi connectivity index (χ1n) is 17.5. The van der Waals surface area contributed by atoms with Gasteiger partial charge in [-0.05, 0) is 67.5 Å². The predicted molar refractivity (Wildman–Crippen MR) is 181 cm³/mol. The number of hydrogen-bond donors (Lipinski definition) is 3. The van der Waals surface area contributed by atoms with E-state index < -0.39 is 77.8 Å². The molecule has 1 amide bonds. The SMILES string of the molecule is CC[C@H]1OC(=O)[C@H](C)[C@@H](OC(=O)NCCCOC)[C@H](C)[C@@H](O[C@@H]2O[C@H](C)C[C@H](N(C)C)[C@H]2O)[C@](C)(OC)C[C@@H](C)C(=O)C[C@@H](OC)[C@]1(C)O. The average Bonchev–Trinajstić information content (AvgIpc) is 3.05. The molecule has 14 nitrogen and oxygen atoms in total. The number of nitrogens with zero attached hydrogens (tertiary/aromatic N) is 1. The molecule has 2 saturated heterocycles. The Morgan fingerprint density at radius 1 is 1.10 bits per heavy atom. The molecule has 0 saturated carbocycles. The first kappa shape index (κ1) is 43.3. The van der Waals surface area contributed by atoms with Gasteiger partial charge in [0, 0.05) is 58.8 Å². The number of ether oxygens (including phenoxy) is 7. The standard InChI is InChI=1S/C35H64N2O12/c1-13-26-35(7,42)27(44-11)18-25(38)20(2)19-34(6,45-12)30(49-32-28(39)24(37(8)9)17-21(3)46-32)22(4)29(23(5)31(40)47-26)48-33(41)36-15-14-16-43-10/h20-24,26-30,32,39,42H,13-19H2,1-12H3,(H,36,41)/t20-,21-,22+,23-,24+,26-,27-,28-,29+,30-,32+,34-,35-/m1/s1. The second kappa shape index (κ2) is 19.1. The summed E-state index contributed by atoms with van der Waals surface area (Å²) in [7, 11) is 8.20. The third-order valence-corrected chi connectivity index (χ3v) is 10.4. The summed E-state index contributed by atoms with van der Waals surface area (Å²) < 4.78 is 41.7. The Balaban J connectivity index is 2.71. The summed E-state index contributed by atoms with van der Waals surface area (Å²) in [5.41, 5.74) is -2.95. The minimum atomic E-state index is -1.72. The summed E-state index contributed by atoms with van der Waals surface area (Å²) in [5, 5.41) is 25.8. The molecular weight excluding hydrogens is 640 g/mol. The summed E-state index contributed by atoms with van der Waals surface area (Å²) >= 11 is 0. The van der Waals surface area contributed by atoms with Gasteiger partial charge in [0.05, 0.1) is 29.8 Å². The molecule has 0 bridgehead atoms. The lowest BCUT2D eigenvalue weighted by atomic mass is 9.76. The van der Waals surface area contributed by atoms with Gasteiger partial charge in [0.25, 0.3) is 0 Å². The molecule has 2 rings (SSSR count). The Hall–Kier alpha value is -1.91. The summed E-state index contributed by atoms with van der Waals surface area (Å²) in [6.07, 6.45) is -5.97. The monoisotopic (exact) mass is 704 g/mol. The Morgan fingerprint density at radius 3 is 2.31 bits per heavy atom. The number of amides is 1. The molecule has 2 aliphatic heterocycles. The van der Waals surface area contributed by atoms with Crippen molar-refractivity contribution < 1.29 is 57.8 Å². The number of likely N-dealkylation sites (N-methyl/N-ethyl adjacent to an activating group) is 1. The Labute approximate surface area is 292 Å². The molecule has 0 aromatic rings. The van der Waals surface area contributed by atoms with E-state index in [0.29, 0.717) is 19.4 Å². The van der Waals surface area contributed by atoms with Crippen molar-refractivity contribution in [1.82, 2.24) is 10.2 Å². The number of Topliss-reactive ketones (excluding diaryl/α,β-unsaturated/α-hetero) is 1. The van der Waals surface area contributed by atoms with Crippen molar-refractivity contribution >= 4 is 17.8 Å². The summed E-state index contributed by atoms with van der Waals surface area (Å²) in [6, 6.07) is -0.277. The molecule has 0 aromatic carbocycles. The minimum Gasteiger partial charge on any atom is -0.459 e. The molecule has 49 heavy (non-hydrogen) atoms. The van der Waals surface area contributed by atoms with Crippen LogP contribution in [-0.2, 0) is 42.7 Å². The van der Waals surface area contributed by atoms with Gasteiger partial charge >= 0.3 is 12.1 Å². The summed E-state index contributed by atoms with van der Waals surface area (Å²) in [5.74, 6) is -3.36. The van der Waals surface area contributed by atoms with Gasteiger partial charge in [-0.3, -0.25) is 9.59 Å². The number of aliphatic hydroxyl groups is 2. The van der Waals surface area contributed by atoms with Crippen LogP contribution in [0.15, 0.2) is 0 Å². The Kier molecular flexibility index (Phi) is 16.8. The number of hydrogen-bond acceptors (Lipinski definition) is 13. The summed E-state index contributed by atoms with van der Waals surface area (Å²) in [4.78, 5) is 42.8. The Morgan fingerprint density at radius 2 is 1.76 bits per heavy atom. The third kappa shape index (κ3) is 11.0. The van der Waals surface area contributed by atoms with Gasteiger partial charge < -0.3 is 53.6 Å². The topological polar surface area (TPSA) is 172 Å². The van der Waals surface area contributed by atoms with E-state index >= 15 is 0 Å². The first-order valence-corrected chi connectivity index (χ1v) is 17.5. The second-order valence-corrected chi connectivity index (χ2v) is 14.5. The van der Waals surface area contributed by atoms with E-state index in [1.54, 1.807) is 41.7 Å². The molecule has 286 valence electrons. The van der Waals surface area contributed by atoms with Gasteiger partial charge in [-0.15, -0.1) is 0 Å². The van der Waals surface area contributed by atoms with Crippen LogP contribution in [0.4, 0.5) is 4.79 Å².